The number of benzene rings is 1. The fraction of sp³-hybridized carbons (Fsp3) is 0.261. The van der Waals surface area contributed by atoms with Crippen LogP contribution in [0.25, 0.3) is 11.1 Å². The molecule has 2 heterocycles. The van der Waals surface area contributed by atoms with Crippen molar-refractivity contribution in [1.82, 2.24) is 20.3 Å². The maximum Gasteiger partial charge on any atom is 0.316 e. The monoisotopic (exact) mass is 420 g/mol. The molecule has 2 amide bonds. The van der Waals surface area contributed by atoms with Crippen molar-refractivity contribution in [3.63, 3.8) is 0 Å². The summed E-state index contributed by atoms with van der Waals surface area (Å²) in [6.07, 6.45) is 6.86. The van der Waals surface area contributed by atoms with Gasteiger partial charge in [-0.25, -0.2) is 9.97 Å². The number of ether oxygens (including phenoxy) is 1. The van der Waals surface area contributed by atoms with Gasteiger partial charge in [0.1, 0.15) is 5.69 Å². The van der Waals surface area contributed by atoms with Gasteiger partial charge in [0, 0.05) is 17.3 Å². The van der Waals surface area contributed by atoms with Crippen molar-refractivity contribution in [1.29, 1.82) is 0 Å². The van der Waals surface area contributed by atoms with Crippen LogP contribution in [0.2, 0.25) is 0 Å². The van der Waals surface area contributed by atoms with E-state index >= 15 is 0 Å². The van der Waals surface area contributed by atoms with Crippen LogP contribution < -0.4 is 15.4 Å². The van der Waals surface area contributed by atoms with E-state index in [4.69, 9.17) is 8.85 Å². The van der Waals surface area contributed by atoms with Gasteiger partial charge in [0.25, 0.3) is 5.91 Å². The fourth-order valence-electron chi connectivity index (χ4n) is 3.69. The van der Waals surface area contributed by atoms with Crippen molar-refractivity contribution in [2.24, 2.45) is 0 Å². The summed E-state index contributed by atoms with van der Waals surface area (Å²) in [5, 5.41) is 4.84. The number of hydrogen-bond donors (Lipinski definition) is 2. The zero-order valence-electron chi connectivity index (χ0n) is 19.9. The molecule has 31 heavy (non-hydrogen) atoms. The number of rotatable bonds is 6. The quantitative estimate of drug-likeness (QED) is 0.635. The summed E-state index contributed by atoms with van der Waals surface area (Å²) in [5.74, 6) is -0.890. The van der Waals surface area contributed by atoms with Crippen LogP contribution in [0.15, 0.2) is 55.0 Å². The van der Waals surface area contributed by atoms with Gasteiger partial charge in [-0.15, -0.1) is 0 Å². The Morgan fingerprint density at radius 1 is 1.06 bits per heavy atom. The normalized spacial score (nSPS) is 16.1. The Balaban J connectivity index is 1.52. The minimum atomic E-state index is -2.59. The van der Waals surface area contributed by atoms with E-state index in [-0.39, 0.29) is 17.6 Å². The number of pyridine rings is 1. The molecule has 0 saturated heterocycles. The second-order valence-electron chi connectivity index (χ2n) is 7.31. The van der Waals surface area contributed by atoms with E-state index in [0.29, 0.717) is 11.3 Å². The maximum atomic E-state index is 13.2. The zero-order chi connectivity index (χ0) is 24.3. The van der Waals surface area contributed by atoms with Gasteiger partial charge in [0.2, 0.25) is 5.91 Å². The fourth-order valence-corrected chi connectivity index (χ4v) is 3.69. The lowest BCUT2D eigenvalue weighted by Gasteiger charge is -2.40. The van der Waals surface area contributed by atoms with Crippen LogP contribution >= 0.6 is 0 Å². The van der Waals surface area contributed by atoms with E-state index in [9.17, 15) is 9.59 Å². The molecule has 8 heteroatoms. The van der Waals surface area contributed by atoms with Crippen LogP contribution in [0.5, 0.6) is 6.01 Å². The van der Waals surface area contributed by atoms with Crippen molar-refractivity contribution >= 4 is 17.5 Å². The average Bonchev–Trinajstić information content (AvgIpc) is 2.78. The number of carbonyl (C=O) groups is 2. The molecule has 0 spiro atoms. The highest BCUT2D eigenvalue weighted by Crippen LogP contribution is 2.45. The molecule has 1 saturated carbocycles. The molecule has 3 aromatic rings. The molecular formula is C23H23N5O3. The van der Waals surface area contributed by atoms with Crippen LogP contribution in [0.1, 0.15) is 39.4 Å². The minimum absolute atomic E-state index is 0.00857. The molecular weight excluding hydrogens is 394 g/mol. The molecule has 0 atom stereocenters. The zero-order valence-corrected chi connectivity index (χ0v) is 16.9. The molecule has 2 aromatic heterocycles. The number of methoxy groups -OCH3 is 1. The van der Waals surface area contributed by atoms with Crippen molar-refractivity contribution in [2.75, 3.05) is 19.4 Å². The molecule has 1 aliphatic carbocycles. The van der Waals surface area contributed by atoms with Gasteiger partial charge < -0.3 is 15.4 Å². The van der Waals surface area contributed by atoms with E-state index in [1.807, 2.05) is 29.6 Å². The molecule has 0 radical (unpaired) electrons. The Bertz CT molecular complexity index is 1190. The third kappa shape index (κ3) is 3.96. The smallest absolute Gasteiger partial charge is 0.316 e. The lowest BCUT2D eigenvalue weighted by atomic mass is 9.63. The first kappa shape index (κ1) is 16.9. The number of aromatic nitrogens is 3. The molecule has 1 aromatic carbocycles. The van der Waals surface area contributed by atoms with Crippen LogP contribution in [0, 0.1) is 0 Å². The van der Waals surface area contributed by atoms with E-state index in [1.165, 1.54) is 31.8 Å². The number of amides is 2. The predicted molar refractivity (Wildman–Crippen MR) is 116 cm³/mol. The van der Waals surface area contributed by atoms with Gasteiger partial charge in [-0.2, -0.15) is 0 Å². The number of nitrogens with zero attached hydrogens (tertiary/aromatic N) is 3. The second-order valence-corrected chi connectivity index (χ2v) is 7.31. The van der Waals surface area contributed by atoms with Gasteiger partial charge in [-0.1, -0.05) is 30.7 Å². The molecule has 0 bridgehead atoms. The minimum Gasteiger partial charge on any atom is -0.467 e. The Morgan fingerprint density at radius 3 is 2.42 bits per heavy atom. The average molecular weight is 420 g/mol. The summed E-state index contributed by atoms with van der Waals surface area (Å²) in [6.45, 7) is -2.59. The van der Waals surface area contributed by atoms with Crippen LogP contribution in [-0.4, -0.2) is 40.9 Å². The highest BCUT2D eigenvalue weighted by Gasteiger charge is 2.45. The van der Waals surface area contributed by atoms with Gasteiger partial charge >= 0.3 is 6.01 Å². The topological polar surface area (TPSA) is 106 Å². The number of hydrogen-bond acceptors (Lipinski definition) is 6. The van der Waals surface area contributed by atoms with Gasteiger partial charge in [-0.3, -0.25) is 14.6 Å². The molecule has 8 nitrogen and oxygen atoms in total. The summed E-state index contributed by atoms with van der Waals surface area (Å²) in [6, 6.07) is 11.0. The first-order valence-corrected chi connectivity index (χ1v) is 9.77. The van der Waals surface area contributed by atoms with Gasteiger partial charge in [0.05, 0.1) is 30.6 Å². The van der Waals surface area contributed by atoms with Gasteiger partial charge in [-0.05, 0) is 41.7 Å². The van der Waals surface area contributed by atoms with Crippen molar-refractivity contribution in [3.8, 4) is 17.1 Å². The molecule has 1 aliphatic rings. The van der Waals surface area contributed by atoms with E-state index in [1.54, 1.807) is 6.07 Å². The van der Waals surface area contributed by atoms with E-state index in [0.717, 1.165) is 30.4 Å². The summed E-state index contributed by atoms with van der Waals surface area (Å²) in [5.41, 5.74) is 2.28. The SMILES string of the molecule is [2H]C([2H])([2H])NC(=O)c1cc(-c2ccc(C3(C(=O)Nc4cnc(OC)nc4)CCC3)cc2)ccn1. The highest BCUT2D eigenvalue weighted by molar-refractivity contribution is 6.00. The predicted octanol–water partition coefficient (Wildman–Crippen LogP) is 2.97. The summed E-state index contributed by atoms with van der Waals surface area (Å²) in [7, 11) is 1.47. The Kier molecular flexibility index (Phi) is 4.65. The molecule has 2 N–H and O–H groups in total. The molecule has 0 unspecified atom stereocenters. The third-order valence-electron chi connectivity index (χ3n) is 5.59. The second kappa shape index (κ2) is 8.51. The Morgan fingerprint density at radius 2 is 1.81 bits per heavy atom. The van der Waals surface area contributed by atoms with Gasteiger partial charge in [0.15, 0.2) is 0 Å². The number of carbonyl (C=O) groups excluding carboxylic acids is 2. The number of anilines is 1. The molecule has 4 rings (SSSR count). The molecule has 0 aliphatic heterocycles. The Hall–Kier alpha value is -3.81. The van der Waals surface area contributed by atoms with Crippen LogP contribution in [0.3, 0.4) is 0 Å². The lowest BCUT2D eigenvalue weighted by molar-refractivity contribution is -0.124. The van der Waals surface area contributed by atoms with Crippen molar-refractivity contribution in [2.45, 2.75) is 24.7 Å². The summed E-state index contributed by atoms with van der Waals surface area (Å²) in [4.78, 5) is 37.3. The van der Waals surface area contributed by atoms with E-state index in [2.05, 4.69) is 20.3 Å². The maximum absolute atomic E-state index is 13.2. The summed E-state index contributed by atoms with van der Waals surface area (Å²) >= 11 is 0. The Labute approximate surface area is 184 Å². The number of nitrogens with one attached hydrogen (secondary N) is 2. The van der Waals surface area contributed by atoms with E-state index < -0.39 is 18.3 Å². The van der Waals surface area contributed by atoms with Crippen molar-refractivity contribution in [3.05, 3.63) is 66.2 Å². The van der Waals surface area contributed by atoms with Crippen LogP contribution in [0.4, 0.5) is 5.69 Å². The lowest BCUT2D eigenvalue weighted by Crippen LogP contribution is -2.46. The van der Waals surface area contributed by atoms with Crippen molar-refractivity contribution < 1.29 is 18.4 Å². The highest BCUT2D eigenvalue weighted by atomic mass is 16.5. The first-order valence-electron chi connectivity index (χ1n) is 11.3. The molecule has 1 fully saturated rings. The standard InChI is InChI=1S/C23H23N5O3/c1-24-20(29)19-12-16(8-11-25-19)15-4-6-17(7-5-15)23(9-3-10-23)21(30)28-18-13-26-22(31-2)27-14-18/h4-8,11-14H,3,9-10H2,1-2H3,(H,24,29)(H,28,30)/i1D3. The summed E-state index contributed by atoms with van der Waals surface area (Å²) < 4.78 is 26.5. The largest absolute Gasteiger partial charge is 0.467 e. The molecule has 158 valence electrons. The third-order valence-corrected chi connectivity index (χ3v) is 5.59. The van der Waals surface area contributed by atoms with Crippen LogP contribution in [-0.2, 0) is 10.2 Å². The first-order chi connectivity index (χ1) is 16.2.